The summed E-state index contributed by atoms with van der Waals surface area (Å²) in [6, 6.07) is 97.2. The summed E-state index contributed by atoms with van der Waals surface area (Å²) in [5.41, 5.74) is 21.4. The molecule has 10 aromatic carbocycles. The molecule has 65 heavy (non-hydrogen) atoms. The first-order valence-corrected chi connectivity index (χ1v) is 22.5. The van der Waals surface area contributed by atoms with Gasteiger partial charge in [0.15, 0.2) is 0 Å². The van der Waals surface area contributed by atoms with Crippen molar-refractivity contribution in [2.75, 3.05) is 0 Å². The Kier molecular flexibility index (Phi) is 10.6. The summed E-state index contributed by atoms with van der Waals surface area (Å²) < 4.78 is 0. The van der Waals surface area contributed by atoms with Crippen LogP contribution in [0.25, 0.3) is 56.7 Å². The Morgan fingerprint density at radius 2 is 0.538 bits per heavy atom. The molecule has 0 unspecified atom stereocenters. The van der Waals surface area contributed by atoms with Crippen molar-refractivity contribution in [3.63, 3.8) is 0 Å². The molecule has 0 fully saturated rings. The smallest absolute Gasteiger partial charge is 0.0622 e. The molecule has 10 aromatic rings. The molecular formula is C65H46. The first-order chi connectivity index (χ1) is 32.2. The normalized spacial score (nSPS) is 12.1. The van der Waals surface area contributed by atoms with Crippen molar-refractivity contribution in [1.29, 1.82) is 0 Å². The Hall–Kier alpha value is -8.32. The molecule has 0 saturated carbocycles. The third kappa shape index (κ3) is 7.56. The zero-order chi connectivity index (χ0) is 43.4. The standard InChI is InChI=1S/C65H46/c1-7-19-51(20-8-1)61(52-21-9-2-10-22-52)43-47-31-35-49(36-32-47)55-39-41-59-60-42-40-56(46-64(60)65(63(59)45-55,57-27-15-5-16-28-57)58-29-17-6-18-30-58)50-37-33-48(34-38-50)44-62(53-23-11-3-12-24-53)54-25-13-4-14-26-54/h1-46H. The predicted molar refractivity (Wildman–Crippen MR) is 274 cm³/mol. The van der Waals surface area contributed by atoms with E-state index in [1.807, 2.05) is 0 Å². The molecule has 0 nitrogen and oxygen atoms in total. The highest BCUT2D eigenvalue weighted by molar-refractivity contribution is 5.94. The summed E-state index contributed by atoms with van der Waals surface area (Å²) in [7, 11) is 0. The van der Waals surface area contributed by atoms with E-state index in [1.165, 1.54) is 89.0 Å². The fourth-order valence-electron chi connectivity index (χ4n) is 9.86. The molecule has 0 atom stereocenters. The maximum Gasteiger partial charge on any atom is 0.0713 e. The lowest BCUT2D eigenvalue weighted by molar-refractivity contribution is 0.769. The quantitative estimate of drug-likeness (QED) is 0.121. The van der Waals surface area contributed by atoms with E-state index < -0.39 is 5.41 Å². The Balaban J connectivity index is 1.00. The molecular weight excluding hydrogens is 781 g/mol. The minimum Gasteiger partial charge on any atom is -0.0622 e. The first-order valence-electron chi connectivity index (χ1n) is 22.5. The van der Waals surface area contributed by atoms with Gasteiger partial charge in [0, 0.05) is 0 Å². The van der Waals surface area contributed by atoms with Crippen molar-refractivity contribution in [3.05, 3.63) is 323 Å². The lowest BCUT2D eigenvalue weighted by atomic mass is 9.67. The van der Waals surface area contributed by atoms with E-state index in [4.69, 9.17) is 0 Å². The molecule has 0 aromatic heterocycles. The van der Waals surface area contributed by atoms with E-state index in [1.54, 1.807) is 0 Å². The van der Waals surface area contributed by atoms with Crippen LogP contribution in [0.1, 0.15) is 55.6 Å². The van der Waals surface area contributed by atoms with Gasteiger partial charge in [0.25, 0.3) is 0 Å². The van der Waals surface area contributed by atoms with E-state index in [-0.39, 0.29) is 0 Å². The maximum atomic E-state index is 2.46. The summed E-state index contributed by atoms with van der Waals surface area (Å²) in [6.45, 7) is 0. The topological polar surface area (TPSA) is 0 Å². The van der Waals surface area contributed by atoms with Gasteiger partial charge in [-0.3, -0.25) is 0 Å². The minimum absolute atomic E-state index is 0.537. The van der Waals surface area contributed by atoms with Crippen molar-refractivity contribution < 1.29 is 0 Å². The van der Waals surface area contributed by atoms with Gasteiger partial charge in [-0.2, -0.15) is 0 Å². The molecule has 0 bridgehead atoms. The summed E-state index contributed by atoms with van der Waals surface area (Å²) in [4.78, 5) is 0. The number of fused-ring (bicyclic) bond motifs is 3. The number of hydrogen-bond acceptors (Lipinski definition) is 0. The zero-order valence-electron chi connectivity index (χ0n) is 36.1. The highest BCUT2D eigenvalue weighted by Gasteiger charge is 2.46. The SMILES string of the molecule is C(=C(c1ccccc1)c1ccccc1)c1ccc(-c2ccc3c(c2)C(c2ccccc2)(c2ccccc2)c2cc(-c4ccc(C=C(c5ccccc5)c5ccccc5)cc4)ccc2-3)cc1. The van der Waals surface area contributed by atoms with Crippen molar-refractivity contribution >= 4 is 23.3 Å². The van der Waals surface area contributed by atoms with E-state index in [0.29, 0.717) is 0 Å². The molecule has 0 radical (unpaired) electrons. The molecule has 0 aliphatic heterocycles. The van der Waals surface area contributed by atoms with Crippen molar-refractivity contribution in [2.24, 2.45) is 0 Å². The van der Waals surface area contributed by atoms with Gasteiger partial charge in [-0.1, -0.05) is 255 Å². The minimum atomic E-state index is -0.537. The van der Waals surface area contributed by atoms with Gasteiger partial charge in [0.1, 0.15) is 0 Å². The van der Waals surface area contributed by atoms with Gasteiger partial charge < -0.3 is 0 Å². The van der Waals surface area contributed by atoms with Crippen LogP contribution in [0.2, 0.25) is 0 Å². The molecule has 1 aliphatic rings. The molecule has 306 valence electrons. The van der Waals surface area contributed by atoms with E-state index in [9.17, 15) is 0 Å². The van der Waals surface area contributed by atoms with Gasteiger partial charge in [0.05, 0.1) is 5.41 Å². The van der Waals surface area contributed by atoms with Crippen LogP contribution in [-0.2, 0) is 5.41 Å². The van der Waals surface area contributed by atoms with Gasteiger partial charge in [-0.05, 0) is 124 Å². The van der Waals surface area contributed by atoms with Crippen LogP contribution in [0.15, 0.2) is 267 Å². The number of rotatable bonds is 10. The molecule has 0 saturated heterocycles. The predicted octanol–water partition coefficient (Wildman–Crippen LogP) is 16.6. The van der Waals surface area contributed by atoms with Crippen LogP contribution >= 0.6 is 0 Å². The summed E-state index contributed by atoms with van der Waals surface area (Å²) >= 11 is 0. The third-order valence-corrected chi connectivity index (χ3v) is 13.0. The Labute approximate surface area is 382 Å². The van der Waals surface area contributed by atoms with Crippen molar-refractivity contribution in [1.82, 2.24) is 0 Å². The largest absolute Gasteiger partial charge is 0.0713 e. The molecule has 0 amide bonds. The van der Waals surface area contributed by atoms with Crippen LogP contribution in [0.4, 0.5) is 0 Å². The monoisotopic (exact) mass is 826 g/mol. The second-order valence-electron chi connectivity index (χ2n) is 16.8. The summed E-state index contributed by atoms with van der Waals surface area (Å²) in [5.74, 6) is 0. The van der Waals surface area contributed by atoms with Crippen LogP contribution in [-0.4, -0.2) is 0 Å². The summed E-state index contributed by atoms with van der Waals surface area (Å²) in [5, 5.41) is 0. The van der Waals surface area contributed by atoms with E-state index >= 15 is 0 Å². The zero-order valence-corrected chi connectivity index (χ0v) is 36.1. The van der Waals surface area contributed by atoms with Crippen LogP contribution in [0, 0.1) is 0 Å². The third-order valence-electron chi connectivity index (χ3n) is 13.0. The van der Waals surface area contributed by atoms with Gasteiger partial charge >= 0.3 is 0 Å². The highest BCUT2D eigenvalue weighted by Crippen LogP contribution is 2.57. The van der Waals surface area contributed by atoms with Crippen molar-refractivity contribution in [2.45, 2.75) is 5.41 Å². The van der Waals surface area contributed by atoms with Crippen molar-refractivity contribution in [3.8, 4) is 33.4 Å². The fourth-order valence-corrected chi connectivity index (χ4v) is 9.86. The molecule has 0 heterocycles. The van der Waals surface area contributed by atoms with E-state index in [0.717, 1.165) is 11.1 Å². The first kappa shape index (κ1) is 39.5. The van der Waals surface area contributed by atoms with Gasteiger partial charge in [-0.15, -0.1) is 0 Å². The van der Waals surface area contributed by atoms with Gasteiger partial charge in [-0.25, -0.2) is 0 Å². The number of hydrogen-bond donors (Lipinski definition) is 0. The molecule has 0 N–H and O–H groups in total. The molecule has 1 aliphatic carbocycles. The highest BCUT2D eigenvalue weighted by atomic mass is 14.5. The second kappa shape index (κ2) is 17.4. The lowest BCUT2D eigenvalue weighted by Gasteiger charge is -2.34. The lowest BCUT2D eigenvalue weighted by Crippen LogP contribution is -2.28. The molecule has 0 spiro atoms. The average Bonchev–Trinajstić information content (AvgIpc) is 3.69. The molecule has 11 rings (SSSR count). The molecule has 0 heteroatoms. The van der Waals surface area contributed by atoms with Crippen LogP contribution in [0.5, 0.6) is 0 Å². The second-order valence-corrected chi connectivity index (χ2v) is 16.8. The van der Waals surface area contributed by atoms with E-state index in [2.05, 4.69) is 279 Å². The van der Waals surface area contributed by atoms with Gasteiger partial charge in [0.2, 0.25) is 0 Å². The average molecular weight is 827 g/mol. The Morgan fingerprint density at radius 1 is 0.262 bits per heavy atom. The maximum absolute atomic E-state index is 2.46. The number of benzene rings is 10. The fraction of sp³-hybridized carbons (Fsp3) is 0.0154. The summed E-state index contributed by atoms with van der Waals surface area (Å²) in [6.07, 6.45) is 4.61. The Morgan fingerprint density at radius 3 is 0.846 bits per heavy atom. The van der Waals surface area contributed by atoms with Crippen LogP contribution < -0.4 is 0 Å². The Bertz CT molecular complexity index is 2960. The van der Waals surface area contributed by atoms with Crippen LogP contribution in [0.3, 0.4) is 0 Å².